The molecule has 0 saturated heterocycles. The maximum atomic E-state index is 12.0. The molecule has 0 aliphatic carbocycles. The minimum atomic E-state index is -0.622. The van der Waals surface area contributed by atoms with Crippen LogP contribution in [-0.4, -0.2) is 40.1 Å². The Morgan fingerprint density at radius 1 is 1.62 bits per heavy atom. The van der Waals surface area contributed by atoms with Gasteiger partial charge in [0.2, 0.25) is 0 Å². The molecule has 0 bridgehead atoms. The van der Waals surface area contributed by atoms with Crippen LogP contribution in [0.1, 0.15) is 24.3 Å². The Labute approximate surface area is 94.9 Å². The zero-order valence-electron chi connectivity index (χ0n) is 9.77. The maximum absolute atomic E-state index is 12.0. The predicted octanol–water partition coefficient (Wildman–Crippen LogP) is 0.507. The molecule has 1 amide bonds. The van der Waals surface area contributed by atoms with Crippen molar-refractivity contribution in [3.8, 4) is 0 Å². The number of hydrogen-bond donors (Lipinski definition) is 2. The number of aliphatic hydroxyl groups is 1. The largest absolute Gasteiger partial charge is 0.399 e. The van der Waals surface area contributed by atoms with E-state index in [9.17, 15) is 9.90 Å². The van der Waals surface area contributed by atoms with Crippen LogP contribution in [0.2, 0.25) is 0 Å². The molecule has 1 heterocycles. The second kappa shape index (κ2) is 4.49. The molecule has 0 aliphatic heterocycles. The van der Waals surface area contributed by atoms with Crippen LogP contribution in [0.4, 0.5) is 5.69 Å². The molecule has 3 N–H and O–H groups in total. The van der Waals surface area contributed by atoms with E-state index >= 15 is 0 Å². The van der Waals surface area contributed by atoms with Gasteiger partial charge in [-0.15, -0.1) is 0 Å². The summed E-state index contributed by atoms with van der Waals surface area (Å²) in [5.41, 5.74) is 5.73. The summed E-state index contributed by atoms with van der Waals surface area (Å²) >= 11 is 0. The number of pyridine rings is 1. The number of aliphatic hydroxyl groups excluding tert-OH is 1. The third-order valence-corrected chi connectivity index (χ3v) is 2.60. The molecule has 1 aromatic heterocycles. The highest BCUT2D eigenvalue weighted by Gasteiger charge is 2.28. The third kappa shape index (κ3) is 2.49. The maximum Gasteiger partial charge on any atom is 0.272 e. The molecule has 88 valence electrons. The van der Waals surface area contributed by atoms with Crippen molar-refractivity contribution in [2.45, 2.75) is 19.4 Å². The molecule has 0 fully saturated rings. The van der Waals surface area contributed by atoms with Gasteiger partial charge in [0.15, 0.2) is 0 Å². The second-order valence-corrected chi connectivity index (χ2v) is 4.31. The van der Waals surface area contributed by atoms with Crippen molar-refractivity contribution in [3.63, 3.8) is 0 Å². The van der Waals surface area contributed by atoms with Gasteiger partial charge in [0.05, 0.1) is 12.1 Å². The average Bonchev–Trinajstić information content (AvgIpc) is 2.27. The van der Waals surface area contributed by atoms with Crippen molar-refractivity contribution in [2.24, 2.45) is 0 Å². The van der Waals surface area contributed by atoms with E-state index < -0.39 is 5.54 Å². The van der Waals surface area contributed by atoms with Gasteiger partial charge in [-0.05, 0) is 26.0 Å². The first kappa shape index (κ1) is 12.4. The summed E-state index contributed by atoms with van der Waals surface area (Å²) in [6, 6.07) is 3.14. The fraction of sp³-hybridized carbons (Fsp3) is 0.455. The van der Waals surface area contributed by atoms with Crippen LogP contribution in [0, 0.1) is 0 Å². The standard InChI is InChI=1S/C11H17N3O2/c1-11(2,7-15)14(3)10(16)9-6-8(12)4-5-13-9/h4-6,15H,7H2,1-3H3,(H2,12,13). The van der Waals surface area contributed by atoms with Crippen LogP contribution < -0.4 is 5.73 Å². The van der Waals surface area contributed by atoms with Gasteiger partial charge in [-0.1, -0.05) is 0 Å². The molecule has 16 heavy (non-hydrogen) atoms. The minimum Gasteiger partial charge on any atom is -0.399 e. The Hall–Kier alpha value is -1.62. The van der Waals surface area contributed by atoms with Gasteiger partial charge in [0.25, 0.3) is 5.91 Å². The van der Waals surface area contributed by atoms with E-state index in [0.29, 0.717) is 5.69 Å². The van der Waals surface area contributed by atoms with Crippen LogP contribution >= 0.6 is 0 Å². The number of nitrogen functional groups attached to an aromatic ring is 1. The average molecular weight is 223 g/mol. The first-order valence-corrected chi connectivity index (χ1v) is 4.99. The van der Waals surface area contributed by atoms with E-state index in [1.165, 1.54) is 17.2 Å². The number of carbonyl (C=O) groups excluding carboxylic acids is 1. The summed E-state index contributed by atoms with van der Waals surface area (Å²) < 4.78 is 0. The zero-order valence-corrected chi connectivity index (χ0v) is 9.77. The molecule has 0 aliphatic rings. The normalized spacial score (nSPS) is 11.2. The Morgan fingerprint density at radius 2 is 2.25 bits per heavy atom. The van der Waals surface area contributed by atoms with E-state index in [1.54, 1.807) is 27.0 Å². The number of rotatable bonds is 3. The Balaban J connectivity index is 2.95. The van der Waals surface area contributed by atoms with E-state index in [2.05, 4.69) is 4.98 Å². The molecule has 0 spiro atoms. The minimum absolute atomic E-state index is 0.114. The predicted molar refractivity (Wildman–Crippen MR) is 61.9 cm³/mol. The van der Waals surface area contributed by atoms with Crippen LogP contribution in [0.3, 0.4) is 0 Å². The van der Waals surface area contributed by atoms with Gasteiger partial charge in [0, 0.05) is 18.9 Å². The van der Waals surface area contributed by atoms with Gasteiger partial charge >= 0.3 is 0 Å². The molecule has 0 radical (unpaired) electrons. The summed E-state index contributed by atoms with van der Waals surface area (Å²) in [7, 11) is 1.63. The first-order chi connectivity index (χ1) is 7.38. The van der Waals surface area contributed by atoms with E-state index in [1.807, 2.05) is 0 Å². The Morgan fingerprint density at radius 3 is 2.75 bits per heavy atom. The lowest BCUT2D eigenvalue weighted by Crippen LogP contribution is -2.47. The van der Waals surface area contributed by atoms with E-state index in [4.69, 9.17) is 5.73 Å². The number of nitrogens with zero attached hydrogens (tertiary/aromatic N) is 2. The van der Waals surface area contributed by atoms with Crippen LogP contribution in [-0.2, 0) is 0 Å². The molecule has 0 atom stereocenters. The van der Waals surface area contributed by atoms with Gasteiger partial charge in [-0.2, -0.15) is 0 Å². The zero-order chi connectivity index (χ0) is 12.3. The van der Waals surface area contributed by atoms with Gasteiger partial charge in [-0.25, -0.2) is 0 Å². The second-order valence-electron chi connectivity index (χ2n) is 4.31. The highest BCUT2D eigenvalue weighted by molar-refractivity contribution is 5.93. The lowest BCUT2D eigenvalue weighted by Gasteiger charge is -2.33. The Bertz CT molecular complexity index is 391. The smallest absolute Gasteiger partial charge is 0.272 e. The van der Waals surface area contributed by atoms with E-state index in [-0.39, 0.29) is 18.2 Å². The monoisotopic (exact) mass is 223 g/mol. The molecule has 1 rings (SSSR count). The number of hydrogen-bond acceptors (Lipinski definition) is 4. The topological polar surface area (TPSA) is 79.5 Å². The summed E-state index contributed by atoms with van der Waals surface area (Å²) in [6.07, 6.45) is 1.49. The van der Waals surface area contributed by atoms with Crippen LogP contribution in [0.25, 0.3) is 0 Å². The van der Waals surface area contributed by atoms with Crippen LogP contribution in [0.15, 0.2) is 18.3 Å². The Kier molecular flexibility index (Phi) is 3.49. The highest BCUT2D eigenvalue weighted by Crippen LogP contribution is 2.15. The molecular formula is C11H17N3O2. The lowest BCUT2D eigenvalue weighted by atomic mass is 10.0. The number of carbonyl (C=O) groups is 1. The number of likely N-dealkylation sites (N-methyl/N-ethyl adjacent to an activating group) is 1. The van der Waals surface area contributed by atoms with Gasteiger partial charge < -0.3 is 15.7 Å². The lowest BCUT2D eigenvalue weighted by molar-refractivity contribution is 0.0468. The number of anilines is 1. The van der Waals surface area contributed by atoms with Gasteiger partial charge in [-0.3, -0.25) is 9.78 Å². The fourth-order valence-corrected chi connectivity index (χ4v) is 1.12. The fourth-order valence-electron chi connectivity index (χ4n) is 1.12. The molecule has 5 nitrogen and oxygen atoms in total. The van der Waals surface area contributed by atoms with Crippen molar-refractivity contribution in [3.05, 3.63) is 24.0 Å². The number of amides is 1. The molecule has 5 heteroatoms. The summed E-state index contributed by atoms with van der Waals surface area (Å²) in [5, 5.41) is 9.18. The molecule has 0 unspecified atom stereocenters. The quantitative estimate of drug-likeness (QED) is 0.782. The van der Waals surface area contributed by atoms with E-state index in [0.717, 1.165) is 0 Å². The molecule has 0 aromatic carbocycles. The SMILES string of the molecule is CN(C(=O)c1cc(N)ccn1)C(C)(C)CO. The van der Waals surface area contributed by atoms with Crippen molar-refractivity contribution >= 4 is 11.6 Å². The summed E-state index contributed by atoms with van der Waals surface area (Å²) in [5.74, 6) is -0.258. The highest BCUT2D eigenvalue weighted by atomic mass is 16.3. The summed E-state index contributed by atoms with van der Waals surface area (Å²) in [6.45, 7) is 3.44. The number of aromatic nitrogens is 1. The van der Waals surface area contributed by atoms with Crippen LogP contribution in [0.5, 0.6) is 0 Å². The van der Waals surface area contributed by atoms with Crippen molar-refractivity contribution in [2.75, 3.05) is 19.4 Å². The number of nitrogens with two attached hydrogens (primary N) is 1. The van der Waals surface area contributed by atoms with Crippen molar-refractivity contribution in [1.82, 2.24) is 9.88 Å². The molecule has 1 aromatic rings. The third-order valence-electron chi connectivity index (χ3n) is 2.60. The molecule has 0 saturated carbocycles. The first-order valence-electron chi connectivity index (χ1n) is 4.99. The summed E-state index contributed by atoms with van der Waals surface area (Å²) in [4.78, 5) is 17.4. The van der Waals surface area contributed by atoms with Crippen molar-refractivity contribution < 1.29 is 9.90 Å². The van der Waals surface area contributed by atoms with Gasteiger partial charge in [0.1, 0.15) is 5.69 Å². The van der Waals surface area contributed by atoms with Crippen molar-refractivity contribution in [1.29, 1.82) is 0 Å². The molecular weight excluding hydrogens is 206 g/mol.